The first kappa shape index (κ1) is 14.9. The maximum atomic E-state index is 11.5. The zero-order chi connectivity index (χ0) is 14.5. The van der Waals surface area contributed by atoms with Crippen molar-refractivity contribution in [3.63, 3.8) is 0 Å². The van der Waals surface area contributed by atoms with E-state index in [9.17, 15) is 9.90 Å². The highest BCUT2D eigenvalue weighted by Crippen LogP contribution is 2.31. The van der Waals surface area contributed by atoms with Gasteiger partial charge in [-0.25, -0.2) is 0 Å². The maximum absolute atomic E-state index is 11.5. The van der Waals surface area contributed by atoms with E-state index in [4.69, 9.17) is 0 Å². The van der Waals surface area contributed by atoms with Crippen LogP contribution in [0.4, 0.5) is 0 Å². The zero-order valence-electron chi connectivity index (χ0n) is 12.3. The molecule has 20 heavy (non-hydrogen) atoms. The van der Waals surface area contributed by atoms with Gasteiger partial charge in [0.2, 0.25) is 5.91 Å². The average molecular weight is 276 g/mol. The lowest BCUT2D eigenvalue weighted by atomic mass is 9.87. The smallest absolute Gasteiger partial charge is 0.222 e. The first-order chi connectivity index (χ1) is 9.58. The number of carbonyl (C=O) groups is 1. The Morgan fingerprint density at radius 2 is 2.20 bits per heavy atom. The Hall–Kier alpha value is -1.55. The van der Waals surface area contributed by atoms with E-state index < -0.39 is 0 Å². The monoisotopic (exact) mass is 276 g/mol. The second kappa shape index (κ2) is 6.75. The molecule has 3 N–H and O–H groups in total. The van der Waals surface area contributed by atoms with Crippen molar-refractivity contribution in [3.8, 4) is 5.75 Å². The number of aromatic hydroxyl groups is 1. The van der Waals surface area contributed by atoms with E-state index in [0.29, 0.717) is 12.3 Å². The fourth-order valence-corrected chi connectivity index (χ4v) is 2.63. The summed E-state index contributed by atoms with van der Waals surface area (Å²) in [6.07, 6.45) is 3.32. The van der Waals surface area contributed by atoms with Crippen LogP contribution in [0.3, 0.4) is 0 Å². The molecule has 0 fully saturated rings. The van der Waals surface area contributed by atoms with Crippen LogP contribution in [0, 0.1) is 5.92 Å². The lowest BCUT2D eigenvalue weighted by Crippen LogP contribution is -2.36. The van der Waals surface area contributed by atoms with Crippen LogP contribution in [0.1, 0.15) is 43.9 Å². The molecule has 1 amide bonds. The van der Waals surface area contributed by atoms with Gasteiger partial charge in [0, 0.05) is 25.0 Å². The molecule has 110 valence electrons. The van der Waals surface area contributed by atoms with Crippen LogP contribution in [-0.2, 0) is 11.2 Å². The molecule has 0 saturated heterocycles. The van der Waals surface area contributed by atoms with Gasteiger partial charge in [0.1, 0.15) is 5.75 Å². The van der Waals surface area contributed by atoms with Gasteiger partial charge in [-0.2, -0.15) is 0 Å². The van der Waals surface area contributed by atoms with Crippen molar-refractivity contribution >= 4 is 5.91 Å². The number of aryl methyl sites for hydroxylation is 1. The molecule has 4 heteroatoms. The van der Waals surface area contributed by atoms with Gasteiger partial charge >= 0.3 is 0 Å². The lowest BCUT2D eigenvalue weighted by Gasteiger charge is -2.26. The van der Waals surface area contributed by atoms with Crippen LogP contribution in [0.25, 0.3) is 0 Å². The zero-order valence-corrected chi connectivity index (χ0v) is 12.3. The Morgan fingerprint density at radius 1 is 1.40 bits per heavy atom. The van der Waals surface area contributed by atoms with E-state index in [0.717, 1.165) is 25.8 Å². The van der Waals surface area contributed by atoms with Crippen molar-refractivity contribution in [2.24, 2.45) is 5.92 Å². The number of phenolic OH excluding ortho intramolecular Hbond substituents is 1. The summed E-state index contributed by atoms with van der Waals surface area (Å²) in [7, 11) is 0. The molecule has 1 aromatic carbocycles. The molecule has 1 atom stereocenters. The molecule has 1 aliphatic rings. The van der Waals surface area contributed by atoms with E-state index >= 15 is 0 Å². The van der Waals surface area contributed by atoms with E-state index in [-0.39, 0.29) is 17.9 Å². The second-order valence-corrected chi connectivity index (χ2v) is 5.73. The number of fused-ring (bicyclic) bond motifs is 1. The van der Waals surface area contributed by atoms with Gasteiger partial charge in [-0.3, -0.25) is 4.79 Å². The third kappa shape index (κ3) is 3.73. The molecule has 0 spiro atoms. The molecule has 4 nitrogen and oxygen atoms in total. The maximum Gasteiger partial charge on any atom is 0.222 e. The highest BCUT2D eigenvalue weighted by atomic mass is 16.3. The third-order valence-corrected chi connectivity index (χ3v) is 3.78. The van der Waals surface area contributed by atoms with Crippen molar-refractivity contribution in [2.45, 2.75) is 39.2 Å². The normalized spacial score (nSPS) is 17.9. The molecule has 1 unspecified atom stereocenters. The standard InChI is InChI=1S/C16H24N2O2/c1-11(2)16(20)18-9-8-17-15-5-3-4-12-6-7-13(19)10-14(12)15/h6-7,10-11,15,17,19H,3-5,8-9H2,1-2H3,(H,18,20). The summed E-state index contributed by atoms with van der Waals surface area (Å²) in [6.45, 7) is 5.17. The number of hydrogen-bond acceptors (Lipinski definition) is 3. The van der Waals surface area contributed by atoms with Gasteiger partial charge in [-0.1, -0.05) is 19.9 Å². The number of benzene rings is 1. The van der Waals surface area contributed by atoms with Crippen LogP contribution in [0.15, 0.2) is 18.2 Å². The summed E-state index contributed by atoms with van der Waals surface area (Å²) in [4.78, 5) is 11.5. The number of carbonyl (C=O) groups excluding carboxylic acids is 1. The number of amides is 1. The highest BCUT2D eigenvalue weighted by molar-refractivity contribution is 5.77. The molecule has 0 aromatic heterocycles. The van der Waals surface area contributed by atoms with Crippen LogP contribution < -0.4 is 10.6 Å². The van der Waals surface area contributed by atoms with E-state index in [2.05, 4.69) is 10.6 Å². The topological polar surface area (TPSA) is 61.4 Å². The SMILES string of the molecule is CC(C)C(=O)NCCNC1CCCc2ccc(O)cc21. The van der Waals surface area contributed by atoms with Crippen LogP contribution >= 0.6 is 0 Å². The first-order valence-corrected chi connectivity index (χ1v) is 7.41. The number of hydrogen-bond donors (Lipinski definition) is 3. The third-order valence-electron chi connectivity index (χ3n) is 3.78. The Labute approximate surface area is 120 Å². The Balaban J connectivity index is 1.86. The fraction of sp³-hybridized carbons (Fsp3) is 0.562. The van der Waals surface area contributed by atoms with Crippen molar-refractivity contribution in [3.05, 3.63) is 29.3 Å². The van der Waals surface area contributed by atoms with Gasteiger partial charge in [-0.15, -0.1) is 0 Å². The second-order valence-electron chi connectivity index (χ2n) is 5.73. The van der Waals surface area contributed by atoms with Crippen LogP contribution in [0.2, 0.25) is 0 Å². The minimum atomic E-state index is 0.0300. The van der Waals surface area contributed by atoms with Crippen molar-refractivity contribution < 1.29 is 9.90 Å². The minimum absolute atomic E-state index is 0.0300. The summed E-state index contributed by atoms with van der Waals surface area (Å²) >= 11 is 0. The minimum Gasteiger partial charge on any atom is -0.508 e. The Morgan fingerprint density at radius 3 is 2.95 bits per heavy atom. The number of nitrogens with one attached hydrogen (secondary N) is 2. The summed E-state index contributed by atoms with van der Waals surface area (Å²) in [5.74, 6) is 0.446. The predicted molar refractivity (Wildman–Crippen MR) is 79.6 cm³/mol. The Kier molecular flexibility index (Phi) is 5.01. The summed E-state index contributed by atoms with van der Waals surface area (Å²) in [5.41, 5.74) is 2.52. The Bertz CT molecular complexity index is 472. The summed E-state index contributed by atoms with van der Waals surface area (Å²) < 4.78 is 0. The number of rotatable bonds is 5. The van der Waals surface area contributed by atoms with Crippen molar-refractivity contribution in [2.75, 3.05) is 13.1 Å². The van der Waals surface area contributed by atoms with Gasteiger partial charge in [0.15, 0.2) is 0 Å². The largest absolute Gasteiger partial charge is 0.508 e. The predicted octanol–water partition coefficient (Wildman–Crippen LogP) is 2.13. The van der Waals surface area contributed by atoms with Crippen molar-refractivity contribution in [1.29, 1.82) is 0 Å². The summed E-state index contributed by atoms with van der Waals surface area (Å²) in [6, 6.07) is 5.91. The molecule has 1 aliphatic carbocycles. The highest BCUT2D eigenvalue weighted by Gasteiger charge is 2.19. The molecule has 0 radical (unpaired) electrons. The van der Waals surface area contributed by atoms with E-state index in [1.165, 1.54) is 11.1 Å². The van der Waals surface area contributed by atoms with Crippen molar-refractivity contribution in [1.82, 2.24) is 10.6 Å². The van der Waals surface area contributed by atoms with Gasteiger partial charge in [0.25, 0.3) is 0 Å². The molecule has 0 saturated carbocycles. The fourth-order valence-electron chi connectivity index (χ4n) is 2.63. The molecule has 0 bridgehead atoms. The first-order valence-electron chi connectivity index (χ1n) is 7.41. The van der Waals surface area contributed by atoms with E-state index in [1.54, 1.807) is 6.07 Å². The molecular weight excluding hydrogens is 252 g/mol. The average Bonchev–Trinajstić information content (AvgIpc) is 2.43. The molecule has 0 aliphatic heterocycles. The molecule has 2 rings (SSSR count). The quantitative estimate of drug-likeness (QED) is 0.722. The van der Waals surface area contributed by atoms with E-state index in [1.807, 2.05) is 26.0 Å². The lowest BCUT2D eigenvalue weighted by molar-refractivity contribution is -0.123. The van der Waals surface area contributed by atoms with Gasteiger partial charge in [-0.05, 0) is 42.5 Å². The van der Waals surface area contributed by atoms with Crippen LogP contribution in [0.5, 0.6) is 5.75 Å². The summed E-state index contributed by atoms with van der Waals surface area (Å²) in [5, 5.41) is 16.0. The van der Waals surface area contributed by atoms with Gasteiger partial charge < -0.3 is 15.7 Å². The molecular formula is C16H24N2O2. The molecule has 0 heterocycles. The van der Waals surface area contributed by atoms with Crippen LogP contribution in [-0.4, -0.2) is 24.1 Å². The number of phenols is 1. The van der Waals surface area contributed by atoms with Gasteiger partial charge in [0.05, 0.1) is 0 Å². The molecule has 1 aromatic rings.